The van der Waals surface area contributed by atoms with Crippen LogP contribution in [0, 0.1) is 0 Å². The van der Waals surface area contributed by atoms with Gasteiger partial charge in [0.1, 0.15) is 0 Å². The van der Waals surface area contributed by atoms with E-state index in [0.29, 0.717) is 10.6 Å². The lowest BCUT2D eigenvalue weighted by Gasteiger charge is -2.33. The molecule has 1 N–H and O–H groups in total. The molecule has 2 nitrogen and oxygen atoms in total. The molecule has 0 saturated carbocycles. The summed E-state index contributed by atoms with van der Waals surface area (Å²) in [5.41, 5.74) is -1.24. The van der Waals surface area contributed by atoms with Crippen LogP contribution in [0.3, 0.4) is 0 Å². The maximum atomic E-state index is 13.1. The van der Waals surface area contributed by atoms with Gasteiger partial charge in [-0.15, -0.1) is 0 Å². The molecule has 1 aromatic carbocycles. The Hall–Kier alpha value is -1.23. The Kier molecular flexibility index (Phi) is 4.20. The Morgan fingerprint density at radius 3 is 2.00 bits per heavy atom. The number of benzene rings is 1. The van der Waals surface area contributed by atoms with Gasteiger partial charge >= 0.3 is 6.18 Å². The van der Waals surface area contributed by atoms with Crippen LogP contribution in [0.15, 0.2) is 18.2 Å². The van der Waals surface area contributed by atoms with Gasteiger partial charge in [-0.2, -0.15) is 13.2 Å². The van der Waals surface area contributed by atoms with Crippen LogP contribution < -0.4 is 5.06 Å². The molecule has 0 fully saturated rings. The molecule has 0 aliphatic carbocycles. The molecule has 0 aromatic heterocycles. The largest absolute Gasteiger partial charge is 0.418 e. The fraction of sp³-hybridized carbons (Fsp3) is 0.571. The van der Waals surface area contributed by atoms with Crippen molar-refractivity contribution in [2.24, 2.45) is 0 Å². The molecule has 0 aliphatic heterocycles. The summed E-state index contributed by atoms with van der Waals surface area (Å²) in [5.74, 6) is -0.00284. The number of halogens is 3. The van der Waals surface area contributed by atoms with Gasteiger partial charge in [-0.3, -0.25) is 10.3 Å². The molecule has 1 aromatic rings. The Labute approximate surface area is 111 Å². The van der Waals surface area contributed by atoms with Gasteiger partial charge in [-0.25, -0.2) is 0 Å². The highest BCUT2D eigenvalue weighted by Crippen LogP contribution is 2.39. The van der Waals surface area contributed by atoms with E-state index in [-0.39, 0.29) is 11.6 Å². The molecule has 0 bridgehead atoms. The van der Waals surface area contributed by atoms with Crippen molar-refractivity contribution < 1.29 is 18.4 Å². The Morgan fingerprint density at radius 2 is 1.63 bits per heavy atom. The van der Waals surface area contributed by atoms with E-state index in [1.54, 1.807) is 26.8 Å². The molecule has 0 unspecified atom stereocenters. The van der Waals surface area contributed by atoms with Gasteiger partial charge in [-0.1, -0.05) is 19.9 Å². The number of hydrogen-bond acceptors (Lipinski definition) is 2. The smallest absolute Gasteiger partial charge is 0.288 e. The molecule has 0 amide bonds. The van der Waals surface area contributed by atoms with Crippen molar-refractivity contribution in [2.45, 2.75) is 52.3 Å². The minimum Gasteiger partial charge on any atom is -0.288 e. The van der Waals surface area contributed by atoms with E-state index < -0.39 is 17.3 Å². The lowest BCUT2D eigenvalue weighted by atomic mass is 9.98. The van der Waals surface area contributed by atoms with Crippen LogP contribution in [0.5, 0.6) is 0 Å². The molecule has 0 aliphatic rings. The van der Waals surface area contributed by atoms with Gasteiger partial charge in [0.2, 0.25) is 0 Å². The third kappa shape index (κ3) is 3.62. The van der Waals surface area contributed by atoms with E-state index in [9.17, 15) is 18.4 Å². The summed E-state index contributed by atoms with van der Waals surface area (Å²) in [6.07, 6.45) is -4.49. The zero-order chi connectivity index (χ0) is 15.0. The predicted molar refractivity (Wildman–Crippen MR) is 69.6 cm³/mol. The number of hydroxylamine groups is 1. The second-order valence-corrected chi connectivity index (χ2v) is 5.91. The average molecular weight is 275 g/mol. The molecular weight excluding hydrogens is 255 g/mol. The minimum absolute atomic E-state index is 0.00284. The van der Waals surface area contributed by atoms with E-state index in [1.165, 1.54) is 6.07 Å². The van der Waals surface area contributed by atoms with E-state index in [0.717, 1.165) is 6.07 Å². The van der Waals surface area contributed by atoms with Crippen molar-refractivity contribution in [1.82, 2.24) is 0 Å². The standard InChI is InChI=1S/C14H20F3NO/c1-9(2)10-6-7-12(18(19)13(3,4)5)11(8-10)14(15,16)17/h6-9,19H,1-5H3. The molecule has 0 radical (unpaired) electrons. The van der Waals surface area contributed by atoms with Gasteiger partial charge in [0.05, 0.1) is 16.8 Å². The highest BCUT2D eigenvalue weighted by molar-refractivity contribution is 5.56. The molecule has 108 valence electrons. The predicted octanol–water partition coefficient (Wildman–Crippen LogP) is 4.82. The highest BCUT2D eigenvalue weighted by atomic mass is 19.4. The van der Waals surface area contributed by atoms with Gasteiger partial charge in [0.15, 0.2) is 0 Å². The first-order valence-electron chi connectivity index (χ1n) is 6.15. The lowest BCUT2D eigenvalue weighted by Crippen LogP contribution is -2.39. The third-order valence-corrected chi connectivity index (χ3v) is 2.86. The second-order valence-electron chi connectivity index (χ2n) is 5.91. The number of hydrogen-bond donors (Lipinski definition) is 1. The summed E-state index contributed by atoms with van der Waals surface area (Å²) >= 11 is 0. The Bertz CT molecular complexity index is 447. The average Bonchev–Trinajstić information content (AvgIpc) is 2.24. The lowest BCUT2D eigenvalue weighted by molar-refractivity contribution is -0.137. The van der Waals surface area contributed by atoms with E-state index in [1.807, 2.05) is 13.8 Å². The molecular formula is C14H20F3NO. The van der Waals surface area contributed by atoms with Crippen molar-refractivity contribution in [2.75, 3.05) is 5.06 Å². The van der Waals surface area contributed by atoms with E-state index in [2.05, 4.69) is 0 Å². The summed E-state index contributed by atoms with van der Waals surface area (Å²) < 4.78 is 39.3. The van der Waals surface area contributed by atoms with Crippen molar-refractivity contribution >= 4 is 5.69 Å². The van der Waals surface area contributed by atoms with Crippen LogP contribution >= 0.6 is 0 Å². The van der Waals surface area contributed by atoms with Gasteiger partial charge in [-0.05, 0) is 44.4 Å². The maximum absolute atomic E-state index is 13.1. The molecule has 5 heteroatoms. The van der Waals surface area contributed by atoms with Gasteiger partial charge in [0, 0.05) is 0 Å². The molecule has 0 spiro atoms. The highest BCUT2D eigenvalue weighted by Gasteiger charge is 2.37. The topological polar surface area (TPSA) is 23.5 Å². The van der Waals surface area contributed by atoms with Crippen molar-refractivity contribution in [3.05, 3.63) is 29.3 Å². The summed E-state index contributed by atoms with van der Waals surface area (Å²) in [7, 11) is 0. The number of rotatable bonds is 2. The van der Waals surface area contributed by atoms with Crippen molar-refractivity contribution in [3.8, 4) is 0 Å². The molecule has 1 rings (SSSR count). The van der Waals surface area contributed by atoms with Gasteiger partial charge < -0.3 is 0 Å². The van der Waals surface area contributed by atoms with Crippen LogP contribution in [-0.2, 0) is 6.18 Å². The fourth-order valence-corrected chi connectivity index (χ4v) is 1.69. The Morgan fingerprint density at radius 1 is 1.11 bits per heavy atom. The Balaban J connectivity index is 3.40. The minimum atomic E-state index is -4.49. The summed E-state index contributed by atoms with van der Waals surface area (Å²) in [4.78, 5) is 0. The molecule has 0 heterocycles. The SMILES string of the molecule is CC(C)c1ccc(N(O)C(C)(C)C)c(C(F)(F)F)c1. The second kappa shape index (κ2) is 5.04. The first-order chi connectivity index (χ1) is 8.44. The first kappa shape index (κ1) is 15.8. The number of alkyl halides is 3. The van der Waals surface area contributed by atoms with Crippen LogP contribution in [-0.4, -0.2) is 10.7 Å². The monoisotopic (exact) mass is 275 g/mol. The summed E-state index contributed by atoms with van der Waals surface area (Å²) in [5, 5.41) is 10.6. The maximum Gasteiger partial charge on any atom is 0.418 e. The van der Waals surface area contributed by atoms with Crippen LogP contribution in [0.2, 0.25) is 0 Å². The van der Waals surface area contributed by atoms with Crippen molar-refractivity contribution in [3.63, 3.8) is 0 Å². The summed E-state index contributed by atoms with van der Waals surface area (Å²) in [6.45, 7) is 8.59. The quantitative estimate of drug-likeness (QED) is 0.782. The summed E-state index contributed by atoms with van der Waals surface area (Å²) in [6, 6.07) is 4.04. The van der Waals surface area contributed by atoms with Crippen LogP contribution in [0.1, 0.15) is 51.7 Å². The molecule has 0 atom stereocenters. The van der Waals surface area contributed by atoms with Gasteiger partial charge in [0.25, 0.3) is 0 Å². The zero-order valence-corrected chi connectivity index (χ0v) is 11.8. The normalized spacial score (nSPS) is 12.9. The number of nitrogens with zero attached hydrogens (tertiary/aromatic N) is 1. The third-order valence-electron chi connectivity index (χ3n) is 2.86. The molecule has 19 heavy (non-hydrogen) atoms. The van der Waals surface area contributed by atoms with E-state index >= 15 is 0 Å². The fourth-order valence-electron chi connectivity index (χ4n) is 1.69. The number of anilines is 1. The van der Waals surface area contributed by atoms with Crippen LogP contribution in [0.25, 0.3) is 0 Å². The van der Waals surface area contributed by atoms with E-state index in [4.69, 9.17) is 0 Å². The zero-order valence-electron chi connectivity index (χ0n) is 11.8. The van der Waals surface area contributed by atoms with Crippen LogP contribution in [0.4, 0.5) is 18.9 Å². The molecule has 0 saturated heterocycles. The van der Waals surface area contributed by atoms with Crippen molar-refractivity contribution in [1.29, 1.82) is 0 Å². The first-order valence-corrected chi connectivity index (χ1v) is 6.15.